The largest absolute Gasteiger partial charge is 0.497 e. The molecule has 0 amide bonds. The maximum absolute atomic E-state index is 13.6. The topological polar surface area (TPSA) is 74.3 Å². The summed E-state index contributed by atoms with van der Waals surface area (Å²) in [6, 6.07) is 27.0. The molecule has 7 nitrogen and oxygen atoms in total. The second kappa shape index (κ2) is 12.2. The van der Waals surface area contributed by atoms with Crippen molar-refractivity contribution in [3.05, 3.63) is 147 Å². The van der Waals surface area contributed by atoms with Crippen molar-refractivity contribution in [2.75, 3.05) is 7.11 Å². The summed E-state index contributed by atoms with van der Waals surface area (Å²) < 4.78 is 9.24. The molecule has 1 aliphatic carbocycles. The zero-order valence-electron chi connectivity index (χ0n) is 25.4. The summed E-state index contributed by atoms with van der Waals surface area (Å²) in [4.78, 5) is 28.0. The molecule has 0 radical (unpaired) electrons. The number of hydrogen-bond donors (Lipinski definition) is 0. The van der Waals surface area contributed by atoms with Gasteiger partial charge in [0.1, 0.15) is 10.9 Å². The number of benzene rings is 3. The maximum Gasteiger partial charge on any atom is 0.251 e. The highest BCUT2D eigenvalue weighted by Gasteiger charge is 2.39. The number of aromatic nitrogens is 4. The van der Waals surface area contributed by atoms with Gasteiger partial charge in [0.05, 0.1) is 30.8 Å². The van der Waals surface area contributed by atoms with E-state index in [2.05, 4.69) is 22.1 Å². The van der Waals surface area contributed by atoms with Crippen LogP contribution in [0.4, 0.5) is 0 Å². The maximum atomic E-state index is 13.6. The molecule has 230 valence electrons. The van der Waals surface area contributed by atoms with Crippen LogP contribution in [0.15, 0.2) is 113 Å². The number of aryl methyl sites for hydroxylation is 1. The summed E-state index contributed by atoms with van der Waals surface area (Å²) in [7, 11) is 3.60. The van der Waals surface area contributed by atoms with E-state index in [1.807, 2.05) is 89.3 Å². The van der Waals surface area contributed by atoms with E-state index >= 15 is 0 Å². The number of hydrogen-bond acceptors (Lipinski definition) is 5. The zero-order chi connectivity index (χ0) is 31.8. The average Bonchev–Trinajstić information content (AvgIpc) is 3.80. The third-order valence-electron chi connectivity index (χ3n) is 8.66. The van der Waals surface area contributed by atoms with Gasteiger partial charge in [0, 0.05) is 48.0 Å². The van der Waals surface area contributed by atoms with Crippen LogP contribution < -0.4 is 10.3 Å². The van der Waals surface area contributed by atoms with E-state index in [1.54, 1.807) is 31.8 Å². The van der Waals surface area contributed by atoms with Gasteiger partial charge in [-0.05, 0) is 95.6 Å². The van der Waals surface area contributed by atoms with Crippen LogP contribution >= 0.6 is 23.2 Å². The molecule has 9 heteroatoms. The van der Waals surface area contributed by atoms with Crippen molar-refractivity contribution in [2.45, 2.75) is 24.9 Å². The Kier molecular flexibility index (Phi) is 7.97. The SMILES string of the molecule is COc1ccc(C=NC(c2ccc(Cl)nc2)(c2ccc3c(c2)c(-c2cccc(Cl)c2)cc(=O)n3CC2CC2)c2cncn2C)cc1. The van der Waals surface area contributed by atoms with Gasteiger partial charge < -0.3 is 13.9 Å². The van der Waals surface area contributed by atoms with Crippen molar-refractivity contribution in [3.63, 3.8) is 0 Å². The van der Waals surface area contributed by atoms with Crippen molar-refractivity contribution < 1.29 is 4.74 Å². The number of fused-ring (bicyclic) bond motifs is 1. The molecule has 7 rings (SSSR count). The van der Waals surface area contributed by atoms with Gasteiger partial charge in [0.15, 0.2) is 5.54 Å². The van der Waals surface area contributed by atoms with Crippen LogP contribution in [0.2, 0.25) is 10.2 Å². The van der Waals surface area contributed by atoms with E-state index in [0.29, 0.717) is 22.6 Å². The third-order valence-corrected chi connectivity index (χ3v) is 9.12. The van der Waals surface area contributed by atoms with E-state index in [4.69, 9.17) is 32.9 Å². The molecule has 0 saturated heterocycles. The van der Waals surface area contributed by atoms with Crippen LogP contribution in [-0.4, -0.2) is 32.4 Å². The lowest BCUT2D eigenvalue weighted by atomic mass is 9.80. The fraction of sp³-hybridized carbons (Fsp3) is 0.189. The van der Waals surface area contributed by atoms with Gasteiger partial charge >= 0.3 is 0 Å². The Labute approximate surface area is 276 Å². The molecule has 6 aromatic rings. The highest BCUT2D eigenvalue weighted by molar-refractivity contribution is 6.31. The number of rotatable bonds is 9. The summed E-state index contributed by atoms with van der Waals surface area (Å²) in [5.41, 5.74) is 4.83. The van der Waals surface area contributed by atoms with Gasteiger partial charge in [-0.15, -0.1) is 0 Å². The zero-order valence-corrected chi connectivity index (χ0v) is 26.9. The molecule has 1 saturated carbocycles. The molecule has 46 heavy (non-hydrogen) atoms. The predicted molar refractivity (Wildman–Crippen MR) is 184 cm³/mol. The van der Waals surface area contributed by atoms with Crippen molar-refractivity contribution in [2.24, 2.45) is 18.0 Å². The Morgan fingerprint density at radius 1 is 0.978 bits per heavy atom. The smallest absolute Gasteiger partial charge is 0.251 e. The monoisotopic (exact) mass is 647 g/mol. The Bertz CT molecular complexity index is 2130. The molecular formula is C37H31Cl2N5O2. The van der Waals surface area contributed by atoms with E-state index in [0.717, 1.165) is 63.0 Å². The van der Waals surface area contributed by atoms with Crippen molar-refractivity contribution >= 4 is 40.3 Å². The van der Waals surface area contributed by atoms with Crippen LogP contribution in [0.3, 0.4) is 0 Å². The summed E-state index contributed by atoms with van der Waals surface area (Å²) in [6.45, 7) is 0.689. The molecule has 3 aromatic heterocycles. The summed E-state index contributed by atoms with van der Waals surface area (Å²) in [6.07, 6.45) is 9.48. The third kappa shape index (κ3) is 5.61. The van der Waals surface area contributed by atoms with Gasteiger partial charge in [0.2, 0.25) is 0 Å². The summed E-state index contributed by atoms with van der Waals surface area (Å²) in [5.74, 6) is 1.28. The van der Waals surface area contributed by atoms with Gasteiger partial charge in [-0.1, -0.05) is 47.5 Å². The number of pyridine rings is 2. The molecule has 3 aromatic carbocycles. The minimum Gasteiger partial charge on any atom is -0.497 e. The van der Waals surface area contributed by atoms with E-state index < -0.39 is 5.54 Å². The number of halogens is 2. The molecule has 1 fully saturated rings. The minimum atomic E-state index is -1.08. The second-order valence-corrected chi connectivity index (χ2v) is 12.5. The lowest BCUT2D eigenvalue weighted by Gasteiger charge is -2.32. The fourth-order valence-electron chi connectivity index (χ4n) is 6.09. The Morgan fingerprint density at radius 3 is 2.46 bits per heavy atom. The molecular weight excluding hydrogens is 617 g/mol. The summed E-state index contributed by atoms with van der Waals surface area (Å²) >= 11 is 12.8. The first kappa shape index (κ1) is 30.0. The lowest BCUT2D eigenvalue weighted by Crippen LogP contribution is -2.30. The molecule has 1 unspecified atom stereocenters. The first-order valence-electron chi connectivity index (χ1n) is 15.1. The van der Waals surface area contributed by atoms with E-state index in [9.17, 15) is 4.79 Å². The summed E-state index contributed by atoms with van der Waals surface area (Å²) in [5, 5.41) is 1.91. The minimum absolute atomic E-state index is 0.0283. The molecule has 0 N–H and O–H groups in total. The standard InChI is InChI=1S/C37H31Cl2N5O2/c1-43-23-40-21-34(43)37(28-11-15-35(39)41-20-28,42-19-24-8-12-30(46-2)13-9-24)27-10-14-33-32(17-27)31(26-4-3-5-29(38)16-26)18-36(45)44(33)22-25-6-7-25/h3-5,8-21,23,25H,6-7,22H2,1-2H3. The van der Waals surface area contributed by atoms with Crippen LogP contribution in [0.1, 0.15) is 35.2 Å². The van der Waals surface area contributed by atoms with Crippen LogP contribution in [-0.2, 0) is 19.1 Å². The number of aliphatic imine (C=N–C) groups is 1. The van der Waals surface area contributed by atoms with E-state index in [1.165, 1.54) is 0 Å². The molecule has 3 heterocycles. The fourth-order valence-corrected chi connectivity index (χ4v) is 6.39. The average molecular weight is 649 g/mol. The Balaban J connectivity index is 1.54. The first-order chi connectivity index (χ1) is 22.4. The van der Waals surface area contributed by atoms with Gasteiger partial charge in [-0.25, -0.2) is 9.97 Å². The predicted octanol–water partition coefficient (Wildman–Crippen LogP) is 7.93. The molecule has 1 aliphatic rings. The van der Waals surface area contributed by atoms with Crippen LogP contribution in [0.5, 0.6) is 5.75 Å². The van der Waals surface area contributed by atoms with Crippen molar-refractivity contribution in [1.29, 1.82) is 0 Å². The second-order valence-electron chi connectivity index (χ2n) is 11.7. The van der Waals surface area contributed by atoms with E-state index in [-0.39, 0.29) is 5.56 Å². The Morgan fingerprint density at radius 2 is 1.78 bits per heavy atom. The molecule has 0 aliphatic heterocycles. The van der Waals surface area contributed by atoms with Gasteiger partial charge in [-0.3, -0.25) is 9.79 Å². The highest BCUT2D eigenvalue weighted by Crippen LogP contribution is 2.43. The number of nitrogens with zero attached hydrogens (tertiary/aromatic N) is 5. The number of imidazole rings is 1. The number of ether oxygens (including phenoxy) is 1. The quantitative estimate of drug-likeness (QED) is 0.118. The molecule has 0 spiro atoms. The molecule has 1 atom stereocenters. The first-order valence-corrected chi connectivity index (χ1v) is 15.8. The van der Waals surface area contributed by atoms with Gasteiger partial charge in [-0.2, -0.15) is 0 Å². The van der Waals surface area contributed by atoms with Crippen LogP contribution in [0, 0.1) is 5.92 Å². The van der Waals surface area contributed by atoms with Crippen molar-refractivity contribution in [3.8, 4) is 16.9 Å². The Hall–Kier alpha value is -4.72. The number of methoxy groups -OCH3 is 1. The van der Waals surface area contributed by atoms with Gasteiger partial charge in [0.25, 0.3) is 5.56 Å². The lowest BCUT2D eigenvalue weighted by molar-refractivity contribution is 0.415. The highest BCUT2D eigenvalue weighted by atomic mass is 35.5. The van der Waals surface area contributed by atoms with Crippen molar-refractivity contribution in [1.82, 2.24) is 19.1 Å². The van der Waals surface area contributed by atoms with Crippen LogP contribution in [0.25, 0.3) is 22.0 Å². The molecule has 0 bridgehead atoms. The normalized spacial score (nSPS) is 14.5.